The molecule has 158 valence electrons. The second-order valence-corrected chi connectivity index (χ2v) is 8.20. The molecule has 1 aliphatic carbocycles. The molecule has 2 saturated heterocycles. The normalized spacial score (nSPS) is 24.5. The van der Waals surface area contributed by atoms with Crippen LogP contribution in [0, 0.1) is 5.92 Å². The summed E-state index contributed by atoms with van der Waals surface area (Å²) >= 11 is 0. The molecule has 1 aromatic heterocycles. The zero-order chi connectivity index (χ0) is 20.4. The molecule has 0 bridgehead atoms. The Morgan fingerprint density at radius 2 is 1.52 bits per heavy atom. The zero-order valence-electron chi connectivity index (χ0n) is 17.0. The molecule has 0 radical (unpaired) electrons. The highest BCUT2D eigenvalue weighted by Gasteiger charge is 2.36. The molecule has 29 heavy (non-hydrogen) atoms. The monoisotopic (exact) mass is 403 g/mol. The van der Waals surface area contributed by atoms with Gasteiger partial charge in [0.2, 0.25) is 5.91 Å². The van der Waals surface area contributed by atoms with E-state index >= 15 is 0 Å². The van der Waals surface area contributed by atoms with E-state index in [9.17, 15) is 14.4 Å². The van der Waals surface area contributed by atoms with Gasteiger partial charge in [-0.25, -0.2) is 0 Å². The fourth-order valence-electron chi connectivity index (χ4n) is 4.03. The smallest absolute Gasteiger partial charge is 0.312 e. The van der Waals surface area contributed by atoms with Gasteiger partial charge in [0.15, 0.2) is 0 Å². The molecule has 2 aliphatic heterocycles. The van der Waals surface area contributed by atoms with E-state index in [4.69, 9.17) is 9.15 Å². The van der Waals surface area contributed by atoms with Crippen molar-refractivity contribution in [3.05, 3.63) is 23.7 Å². The number of amides is 3. The molecule has 8 nitrogen and oxygen atoms in total. The van der Waals surface area contributed by atoms with Crippen LogP contribution in [-0.4, -0.2) is 84.9 Å². The van der Waals surface area contributed by atoms with Crippen LogP contribution < -0.4 is 0 Å². The van der Waals surface area contributed by atoms with Gasteiger partial charge in [-0.05, 0) is 24.5 Å². The molecular weight excluding hydrogens is 374 g/mol. The second-order valence-electron chi connectivity index (χ2n) is 8.20. The van der Waals surface area contributed by atoms with Crippen LogP contribution in [0.4, 0.5) is 0 Å². The number of piperazine rings is 1. The molecule has 3 amide bonds. The zero-order valence-corrected chi connectivity index (χ0v) is 17.0. The summed E-state index contributed by atoms with van der Waals surface area (Å²) in [5, 5.41) is 0. The summed E-state index contributed by atoms with van der Waals surface area (Å²) in [5.74, 6) is 2.27. The Balaban J connectivity index is 1.20. The molecule has 1 aromatic rings. The van der Waals surface area contributed by atoms with E-state index in [-0.39, 0.29) is 5.91 Å². The molecule has 3 heterocycles. The molecule has 2 atom stereocenters. The molecule has 3 fully saturated rings. The minimum Gasteiger partial charge on any atom is -0.466 e. The minimum atomic E-state index is -0.476. The van der Waals surface area contributed by atoms with E-state index < -0.39 is 11.8 Å². The van der Waals surface area contributed by atoms with Crippen molar-refractivity contribution < 1.29 is 23.5 Å². The molecule has 2 unspecified atom stereocenters. The molecule has 4 rings (SSSR count). The van der Waals surface area contributed by atoms with E-state index in [1.165, 1.54) is 6.42 Å². The van der Waals surface area contributed by atoms with Crippen LogP contribution in [-0.2, 0) is 25.5 Å². The van der Waals surface area contributed by atoms with Crippen LogP contribution >= 0.6 is 0 Å². The standard InChI is InChI=1S/C21H29N3O5/c1-15-14-17(15)18-4-2-16(29-18)3-5-19(25)22-6-8-23(9-7-22)20(26)21(27)24-10-12-28-13-11-24/h2,4,15,17H,3,5-14H2,1H3. The SMILES string of the molecule is CC1CC1c1ccc(CCC(=O)N2CCN(C(=O)C(=O)N3CCOCC3)CC2)o1. The summed E-state index contributed by atoms with van der Waals surface area (Å²) in [6, 6.07) is 4.01. The van der Waals surface area contributed by atoms with E-state index in [1.807, 2.05) is 12.1 Å². The minimum absolute atomic E-state index is 0.0642. The lowest BCUT2D eigenvalue weighted by Crippen LogP contribution is -2.55. The van der Waals surface area contributed by atoms with Crippen molar-refractivity contribution in [1.29, 1.82) is 0 Å². The lowest BCUT2D eigenvalue weighted by atomic mass is 10.2. The molecule has 0 aromatic carbocycles. The molecule has 0 spiro atoms. The van der Waals surface area contributed by atoms with Crippen molar-refractivity contribution in [2.24, 2.45) is 5.92 Å². The second kappa shape index (κ2) is 8.57. The summed E-state index contributed by atoms with van der Waals surface area (Å²) in [6.07, 6.45) is 2.17. The van der Waals surface area contributed by atoms with Crippen molar-refractivity contribution in [2.75, 3.05) is 52.5 Å². The first-order chi connectivity index (χ1) is 14.0. The van der Waals surface area contributed by atoms with E-state index in [0.29, 0.717) is 77.2 Å². The number of rotatable bonds is 4. The van der Waals surface area contributed by atoms with Gasteiger partial charge in [0.05, 0.1) is 13.2 Å². The number of aryl methyl sites for hydroxylation is 1. The van der Waals surface area contributed by atoms with Crippen molar-refractivity contribution in [3.63, 3.8) is 0 Å². The maximum Gasteiger partial charge on any atom is 0.312 e. The van der Waals surface area contributed by atoms with Crippen LogP contribution in [0.1, 0.15) is 37.2 Å². The van der Waals surface area contributed by atoms with E-state index in [0.717, 1.165) is 11.5 Å². The number of carbonyl (C=O) groups is 3. The maximum absolute atomic E-state index is 12.5. The first-order valence-electron chi connectivity index (χ1n) is 10.5. The summed E-state index contributed by atoms with van der Waals surface area (Å²) in [5.41, 5.74) is 0. The first kappa shape index (κ1) is 19.9. The molecule has 8 heteroatoms. The number of hydrogen-bond donors (Lipinski definition) is 0. The highest BCUT2D eigenvalue weighted by molar-refractivity contribution is 6.34. The number of nitrogens with zero attached hydrogens (tertiary/aromatic N) is 3. The molecular formula is C21H29N3O5. The largest absolute Gasteiger partial charge is 0.466 e. The van der Waals surface area contributed by atoms with Gasteiger partial charge in [0.1, 0.15) is 11.5 Å². The van der Waals surface area contributed by atoms with Gasteiger partial charge in [-0.2, -0.15) is 0 Å². The van der Waals surface area contributed by atoms with Gasteiger partial charge in [-0.3, -0.25) is 14.4 Å². The van der Waals surface area contributed by atoms with Crippen LogP contribution in [0.15, 0.2) is 16.5 Å². The quantitative estimate of drug-likeness (QED) is 0.697. The van der Waals surface area contributed by atoms with Gasteiger partial charge in [0, 0.05) is 58.0 Å². The van der Waals surface area contributed by atoms with Crippen LogP contribution in [0.25, 0.3) is 0 Å². The number of ether oxygens (including phenoxy) is 1. The average molecular weight is 403 g/mol. The summed E-state index contributed by atoms with van der Waals surface area (Å²) in [6.45, 7) is 5.78. The lowest BCUT2D eigenvalue weighted by molar-refractivity contribution is -0.155. The van der Waals surface area contributed by atoms with Gasteiger partial charge in [-0.15, -0.1) is 0 Å². The Morgan fingerprint density at radius 1 is 0.931 bits per heavy atom. The molecule has 0 N–H and O–H groups in total. The third-order valence-corrected chi connectivity index (χ3v) is 6.14. The fourth-order valence-corrected chi connectivity index (χ4v) is 4.03. The van der Waals surface area contributed by atoms with Crippen LogP contribution in [0.5, 0.6) is 0 Å². The van der Waals surface area contributed by atoms with E-state index in [1.54, 1.807) is 14.7 Å². The Morgan fingerprint density at radius 3 is 2.14 bits per heavy atom. The van der Waals surface area contributed by atoms with Crippen LogP contribution in [0.2, 0.25) is 0 Å². The van der Waals surface area contributed by atoms with Gasteiger partial charge < -0.3 is 23.9 Å². The highest BCUT2D eigenvalue weighted by Crippen LogP contribution is 2.47. The van der Waals surface area contributed by atoms with E-state index in [2.05, 4.69) is 6.92 Å². The van der Waals surface area contributed by atoms with Gasteiger partial charge in [-0.1, -0.05) is 6.92 Å². The Labute approximate surface area is 170 Å². The Kier molecular flexibility index (Phi) is 5.89. The maximum atomic E-state index is 12.5. The molecule has 1 saturated carbocycles. The summed E-state index contributed by atoms with van der Waals surface area (Å²) < 4.78 is 11.1. The van der Waals surface area contributed by atoms with Gasteiger partial charge in [0.25, 0.3) is 0 Å². The van der Waals surface area contributed by atoms with Crippen molar-refractivity contribution >= 4 is 17.7 Å². The summed E-state index contributed by atoms with van der Waals surface area (Å²) in [7, 11) is 0. The first-order valence-corrected chi connectivity index (χ1v) is 10.5. The van der Waals surface area contributed by atoms with Crippen molar-refractivity contribution in [1.82, 2.24) is 14.7 Å². The number of furan rings is 1. The lowest BCUT2D eigenvalue weighted by Gasteiger charge is -2.35. The molecule has 3 aliphatic rings. The van der Waals surface area contributed by atoms with Crippen molar-refractivity contribution in [3.8, 4) is 0 Å². The topological polar surface area (TPSA) is 83.3 Å². The summed E-state index contributed by atoms with van der Waals surface area (Å²) in [4.78, 5) is 42.2. The number of morpholine rings is 1. The third kappa shape index (κ3) is 4.63. The number of carbonyl (C=O) groups excluding carboxylic acids is 3. The average Bonchev–Trinajstić information content (AvgIpc) is 3.31. The number of hydrogen-bond acceptors (Lipinski definition) is 5. The van der Waals surface area contributed by atoms with Gasteiger partial charge >= 0.3 is 11.8 Å². The Bertz CT molecular complexity index is 762. The van der Waals surface area contributed by atoms with Crippen LogP contribution in [0.3, 0.4) is 0 Å². The predicted molar refractivity (Wildman–Crippen MR) is 104 cm³/mol. The highest BCUT2D eigenvalue weighted by atomic mass is 16.5. The predicted octanol–water partition coefficient (Wildman–Crippen LogP) is 0.865. The van der Waals surface area contributed by atoms with Crippen molar-refractivity contribution in [2.45, 2.75) is 32.1 Å². The fraction of sp³-hybridized carbons (Fsp3) is 0.667. The third-order valence-electron chi connectivity index (χ3n) is 6.14. The Hall–Kier alpha value is -2.35.